The van der Waals surface area contributed by atoms with E-state index in [-0.39, 0.29) is 0 Å². The quantitative estimate of drug-likeness (QED) is 0.872. The number of para-hydroxylation sites is 1. The Labute approximate surface area is 106 Å². The van der Waals surface area contributed by atoms with Gasteiger partial charge in [-0.05, 0) is 37.1 Å². The van der Waals surface area contributed by atoms with E-state index in [0.29, 0.717) is 0 Å². The fourth-order valence-electron chi connectivity index (χ4n) is 2.20. The smallest absolute Gasteiger partial charge is 0.109 e. The zero-order valence-corrected chi connectivity index (χ0v) is 10.4. The Bertz CT molecular complexity index is 583. The molecule has 0 unspecified atom stereocenters. The highest BCUT2D eigenvalue weighted by Crippen LogP contribution is 2.19. The monoisotopic (exact) mass is 240 g/mol. The average molecular weight is 240 g/mol. The van der Waals surface area contributed by atoms with E-state index in [0.717, 1.165) is 30.9 Å². The number of aryl methyl sites for hydroxylation is 1. The molecule has 2 heterocycles. The van der Waals surface area contributed by atoms with Crippen LogP contribution in [0.3, 0.4) is 0 Å². The first-order valence-corrected chi connectivity index (χ1v) is 6.23. The second kappa shape index (κ2) is 4.74. The maximum atomic E-state index is 4.27. The summed E-state index contributed by atoms with van der Waals surface area (Å²) in [5.74, 6) is 0. The van der Waals surface area contributed by atoms with Crippen LogP contribution in [0, 0.1) is 6.92 Å². The SMILES string of the molecule is Cc1ccccc1-n1cc(C2=CCNCC2)nn1. The van der Waals surface area contributed by atoms with Gasteiger partial charge in [-0.15, -0.1) is 5.10 Å². The molecule has 4 heteroatoms. The molecule has 0 fully saturated rings. The molecule has 0 aliphatic carbocycles. The van der Waals surface area contributed by atoms with Crippen LogP contribution in [-0.4, -0.2) is 28.1 Å². The summed E-state index contributed by atoms with van der Waals surface area (Å²) in [6.45, 7) is 4.02. The van der Waals surface area contributed by atoms with Crippen LogP contribution in [0.15, 0.2) is 36.5 Å². The number of aromatic nitrogens is 3. The van der Waals surface area contributed by atoms with Gasteiger partial charge in [-0.25, -0.2) is 4.68 Å². The van der Waals surface area contributed by atoms with Crippen molar-refractivity contribution < 1.29 is 0 Å². The van der Waals surface area contributed by atoms with Gasteiger partial charge in [0.1, 0.15) is 5.69 Å². The molecule has 1 aromatic heterocycles. The molecule has 2 aromatic rings. The van der Waals surface area contributed by atoms with Crippen molar-refractivity contribution >= 4 is 5.57 Å². The van der Waals surface area contributed by atoms with Gasteiger partial charge in [-0.1, -0.05) is 29.5 Å². The van der Waals surface area contributed by atoms with Crippen molar-refractivity contribution in [3.63, 3.8) is 0 Å². The van der Waals surface area contributed by atoms with Crippen molar-refractivity contribution in [3.8, 4) is 5.69 Å². The fourth-order valence-corrected chi connectivity index (χ4v) is 2.20. The van der Waals surface area contributed by atoms with Gasteiger partial charge in [-0.3, -0.25) is 0 Å². The number of hydrogen-bond donors (Lipinski definition) is 1. The third-order valence-corrected chi connectivity index (χ3v) is 3.25. The maximum absolute atomic E-state index is 4.27. The summed E-state index contributed by atoms with van der Waals surface area (Å²) in [5, 5.41) is 11.8. The second-order valence-electron chi connectivity index (χ2n) is 4.52. The van der Waals surface area contributed by atoms with Crippen LogP contribution >= 0.6 is 0 Å². The van der Waals surface area contributed by atoms with E-state index in [1.54, 1.807) is 0 Å². The number of nitrogens with zero attached hydrogens (tertiary/aromatic N) is 3. The summed E-state index contributed by atoms with van der Waals surface area (Å²) >= 11 is 0. The van der Waals surface area contributed by atoms with Crippen molar-refractivity contribution in [1.82, 2.24) is 20.3 Å². The van der Waals surface area contributed by atoms with Crippen LogP contribution in [0.2, 0.25) is 0 Å². The van der Waals surface area contributed by atoms with E-state index in [4.69, 9.17) is 0 Å². The molecule has 0 amide bonds. The summed E-state index contributed by atoms with van der Waals surface area (Å²) < 4.78 is 1.85. The Morgan fingerprint density at radius 2 is 2.17 bits per heavy atom. The molecule has 0 atom stereocenters. The van der Waals surface area contributed by atoms with Crippen molar-refractivity contribution in [1.29, 1.82) is 0 Å². The summed E-state index contributed by atoms with van der Waals surface area (Å²) in [7, 11) is 0. The molecule has 18 heavy (non-hydrogen) atoms. The topological polar surface area (TPSA) is 42.7 Å². The normalized spacial score (nSPS) is 15.5. The maximum Gasteiger partial charge on any atom is 0.109 e. The third-order valence-electron chi connectivity index (χ3n) is 3.25. The minimum atomic E-state index is 0.923. The fraction of sp³-hybridized carbons (Fsp3) is 0.286. The minimum Gasteiger partial charge on any atom is -0.313 e. The van der Waals surface area contributed by atoms with Gasteiger partial charge in [0.05, 0.1) is 11.9 Å². The lowest BCUT2D eigenvalue weighted by Crippen LogP contribution is -2.20. The van der Waals surface area contributed by atoms with Crippen LogP contribution in [-0.2, 0) is 0 Å². The molecule has 0 bridgehead atoms. The molecule has 3 rings (SSSR count). The number of nitrogens with one attached hydrogen (secondary N) is 1. The molecule has 1 aliphatic heterocycles. The van der Waals surface area contributed by atoms with Crippen LogP contribution in [0.4, 0.5) is 0 Å². The van der Waals surface area contributed by atoms with Gasteiger partial charge in [-0.2, -0.15) is 0 Å². The summed E-state index contributed by atoms with van der Waals surface area (Å²) in [6.07, 6.45) is 5.22. The number of benzene rings is 1. The highest BCUT2D eigenvalue weighted by molar-refractivity contribution is 5.63. The van der Waals surface area contributed by atoms with E-state index < -0.39 is 0 Å². The Balaban J connectivity index is 1.94. The van der Waals surface area contributed by atoms with Gasteiger partial charge >= 0.3 is 0 Å². The summed E-state index contributed by atoms with van der Waals surface area (Å²) in [4.78, 5) is 0. The first-order chi connectivity index (χ1) is 8.84. The summed E-state index contributed by atoms with van der Waals surface area (Å²) in [5.41, 5.74) is 4.56. The highest BCUT2D eigenvalue weighted by Gasteiger charge is 2.10. The first kappa shape index (κ1) is 11.2. The van der Waals surface area contributed by atoms with Crippen molar-refractivity contribution in [2.75, 3.05) is 13.1 Å². The van der Waals surface area contributed by atoms with Crippen LogP contribution < -0.4 is 5.32 Å². The predicted octanol–water partition coefficient (Wildman–Crippen LogP) is 1.95. The Hall–Kier alpha value is -1.94. The average Bonchev–Trinajstić information content (AvgIpc) is 2.90. The van der Waals surface area contributed by atoms with Crippen LogP contribution in [0.1, 0.15) is 17.7 Å². The van der Waals surface area contributed by atoms with E-state index in [1.165, 1.54) is 11.1 Å². The zero-order chi connectivity index (χ0) is 12.4. The Kier molecular flexibility index (Phi) is 2.94. The second-order valence-corrected chi connectivity index (χ2v) is 4.52. The lowest BCUT2D eigenvalue weighted by molar-refractivity contribution is 0.736. The van der Waals surface area contributed by atoms with Gasteiger partial charge < -0.3 is 5.32 Å². The van der Waals surface area contributed by atoms with E-state index in [2.05, 4.69) is 40.8 Å². The molecule has 0 saturated heterocycles. The molecular formula is C14H16N4. The molecule has 4 nitrogen and oxygen atoms in total. The van der Waals surface area contributed by atoms with Crippen molar-refractivity contribution in [2.24, 2.45) is 0 Å². The number of rotatable bonds is 2. The van der Waals surface area contributed by atoms with Crippen LogP contribution in [0.5, 0.6) is 0 Å². The van der Waals surface area contributed by atoms with E-state index in [9.17, 15) is 0 Å². The lowest BCUT2D eigenvalue weighted by atomic mass is 10.1. The largest absolute Gasteiger partial charge is 0.313 e. The van der Waals surface area contributed by atoms with Crippen molar-refractivity contribution in [3.05, 3.63) is 47.8 Å². The van der Waals surface area contributed by atoms with Gasteiger partial charge in [0.25, 0.3) is 0 Å². The third kappa shape index (κ3) is 2.07. The molecule has 0 spiro atoms. The minimum absolute atomic E-state index is 0.923. The number of hydrogen-bond acceptors (Lipinski definition) is 3. The van der Waals surface area contributed by atoms with Gasteiger partial charge in [0, 0.05) is 6.54 Å². The molecular weight excluding hydrogens is 224 g/mol. The van der Waals surface area contributed by atoms with E-state index in [1.807, 2.05) is 23.0 Å². The molecule has 1 N–H and O–H groups in total. The predicted molar refractivity (Wildman–Crippen MR) is 71.6 cm³/mol. The standard InChI is InChI=1S/C14H16N4/c1-11-4-2-3-5-14(11)18-10-13(16-17-18)12-6-8-15-9-7-12/h2-6,10,15H,7-9H2,1H3. The molecule has 0 saturated carbocycles. The highest BCUT2D eigenvalue weighted by atomic mass is 15.4. The van der Waals surface area contributed by atoms with Crippen LogP contribution in [0.25, 0.3) is 11.3 Å². The Morgan fingerprint density at radius 3 is 2.94 bits per heavy atom. The summed E-state index contributed by atoms with van der Waals surface area (Å²) in [6, 6.07) is 8.20. The van der Waals surface area contributed by atoms with Crippen molar-refractivity contribution in [2.45, 2.75) is 13.3 Å². The van der Waals surface area contributed by atoms with Gasteiger partial charge in [0.15, 0.2) is 0 Å². The zero-order valence-electron chi connectivity index (χ0n) is 10.4. The molecule has 0 radical (unpaired) electrons. The molecule has 92 valence electrons. The molecule has 1 aromatic carbocycles. The Morgan fingerprint density at radius 1 is 1.28 bits per heavy atom. The lowest BCUT2D eigenvalue weighted by Gasteiger charge is -2.10. The van der Waals surface area contributed by atoms with Gasteiger partial charge in [0.2, 0.25) is 0 Å². The van der Waals surface area contributed by atoms with E-state index >= 15 is 0 Å². The first-order valence-electron chi connectivity index (χ1n) is 6.23. The molecule has 1 aliphatic rings.